The summed E-state index contributed by atoms with van der Waals surface area (Å²) in [5.74, 6) is 0.500. The molecule has 1 N–H and O–H groups in total. The summed E-state index contributed by atoms with van der Waals surface area (Å²) >= 11 is 0. The average molecular weight is 234 g/mol. The molecule has 1 aromatic heterocycles. The van der Waals surface area contributed by atoms with Crippen molar-refractivity contribution in [3.05, 3.63) is 29.6 Å². The highest BCUT2D eigenvalue weighted by atomic mass is 16.5. The largest absolute Gasteiger partial charge is 0.383 e. The molecule has 0 spiro atoms. The van der Waals surface area contributed by atoms with Crippen LogP contribution in [0.15, 0.2) is 18.3 Å². The van der Waals surface area contributed by atoms with Crippen molar-refractivity contribution in [2.45, 2.75) is 38.1 Å². The van der Waals surface area contributed by atoms with Crippen LogP contribution in [0.4, 0.5) is 0 Å². The van der Waals surface area contributed by atoms with E-state index in [9.17, 15) is 0 Å². The average Bonchev–Trinajstić information content (AvgIpc) is 2.38. The lowest BCUT2D eigenvalue weighted by molar-refractivity contribution is 0.151. The highest BCUT2D eigenvalue weighted by Crippen LogP contribution is 2.32. The van der Waals surface area contributed by atoms with Gasteiger partial charge in [-0.25, -0.2) is 0 Å². The molecule has 3 nitrogen and oxygen atoms in total. The topological polar surface area (TPSA) is 34.1 Å². The Morgan fingerprint density at radius 1 is 1.59 bits per heavy atom. The van der Waals surface area contributed by atoms with Gasteiger partial charge in [-0.05, 0) is 37.4 Å². The molecule has 0 bridgehead atoms. The minimum Gasteiger partial charge on any atom is -0.383 e. The van der Waals surface area contributed by atoms with Gasteiger partial charge in [-0.2, -0.15) is 0 Å². The fourth-order valence-corrected chi connectivity index (χ4v) is 2.80. The third-order valence-electron chi connectivity index (χ3n) is 3.54. The van der Waals surface area contributed by atoms with Crippen LogP contribution in [0.5, 0.6) is 0 Å². The van der Waals surface area contributed by atoms with Crippen LogP contribution in [0.3, 0.4) is 0 Å². The van der Waals surface area contributed by atoms with E-state index in [1.807, 2.05) is 12.3 Å². The summed E-state index contributed by atoms with van der Waals surface area (Å²) in [6.07, 6.45) is 5.55. The Balaban J connectivity index is 2.20. The molecule has 0 radical (unpaired) electrons. The predicted molar refractivity (Wildman–Crippen MR) is 69.3 cm³/mol. The summed E-state index contributed by atoms with van der Waals surface area (Å²) in [6, 6.07) is 4.64. The van der Waals surface area contributed by atoms with Crippen LogP contribution < -0.4 is 5.32 Å². The molecular weight excluding hydrogens is 212 g/mol. The molecule has 1 aliphatic carbocycles. The first-order chi connectivity index (χ1) is 8.36. The van der Waals surface area contributed by atoms with Gasteiger partial charge in [0.15, 0.2) is 0 Å². The van der Waals surface area contributed by atoms with Crippen LogP contribution in [0.2, 0.25) is 0 Å². The van der Waals surface area contributed by atoms with Crippen molar-refractivity contribution >= 4 is 0 Å². The number of likely N-dealkylation sites (N-methyl/N-ethyl adjacent to an activating group) is 1. The Hall–Kier alpha value is -0.930. The van der Waals surface area contributed by atoms with Gasteiger partial charge >= 0.3 is 0 Å². The monoisotopic (exact) mass is 234 g/mol. The molecule has 1 aromatic rings. The molecule has 94 valence electrons. The number of hydrogen-bond donors (Lipinski definition) is 1. The number of hydrogen-bond acceptors (Lipinski definition) is 3. The van der Waals surface area contributed by atoms with Crippen molar-refractivity contribution in [2.75, 3.05) is 20.3 Å². The van der Waals surface area contributed by atoms with Gasteiger partial charge in [-0.1, -0.05) is 13.0 Å². The van der Waals surface area contributed by atoms with E-state index in [0.29, 0.717) is 12.0 Å². The van der Waals surface area contributed by atoms with Crippen molar-refractivity contribution in [2.24, 2.45) is 0 Å². The third kappa shape index (κ3) is 2.85. The normalized spacial score (nSPS) is 20.9. The van der Waals surface area contributed by atoms with E-state index < -0.39 is 0 Å². The molecule has 17 heavy (non-hydrogen) atoms. The molecular formula is C14H22N2O. The van der Waals surface area contributed by atoms with Crippen LogP contribution in [0, 0.1) is 0 Å². The van der Waals surface area contributed by atoms with E-state index in [4.69, 9.17) is 4.74 Å². The summed E-state index contributed by atoms with van der Waals surface area (Å²) in [5, 5.41) is 3.53. The van der Waals surface area contributed by atoms with E-state index in [2.05, 4.69) is 23.3 Å². The Labute approximate surface area is 104 Å². The van der Waals surface area contributed by atoms with Crippen molar-refractivity contribution in [1.82, 2.24) is 10.3 Å². The first kappa shape index (κ1) is 12.5. The van der Waals surface area contributed by atoms with Gasteiger partial charge < -0.3 is 10.1 Å². The molecule has 2 unspecified atom stereocenters. The minimum atomic E-state index is 0.388. The second-order valence-electron chi connectivity index (χ2n) is 4.67. The van der Waals surface area contributed by atoms with E-state index in [1.54, 1.807) is 7.11 Å². The van der Waals surface area contributed by atoms with Crippen LogP contribution in [-0.4, -0.2) is 31.3 Å². The lowest BCUT2D eigenvalue weighted by Gasteiger charge is -2.31. The van der Waals surface area contributed by atoms with E-state index in [-0.39, 0.29) is 0 Å². The predicted octanol–water partition coefficient (Wildman–Crippen LogP) is 2.13. The number of ether oxygens (including phenoxy) is 1. The number of pyridine rings is 1. The van der Waals surface area contributed by atoms with Crippen LogP contribution in [0.1, 0.15) is 36.9 Å². The summed E-state index contributed by atoms with van der Waals surface area (Å²) in [4.78, 5) is 4.59. The number of aryl methyl sites for hydroxylation is 1. The smallest absolute Gasteiger partial charge is 0.0622 e. The zero-order valence-electron chi connectivity index (χ0n) is 10.8. The number of nitrogens with one attached hydrogen (secondary N) is 1. The number of rotatable bonds is 5. The van der Waals surface area contributed by atoms with Gasteiger partial charge in [0.2, 0.25) is 0 Å². The second-order valence-corrected chi connectivity index (χ2v) is 4.67. The maximum absolute atomic E-state index is 5.33. The van der Waals surface area contributed by atoms with E-state index in [0.717, 1.165) is 13.2 Å². The van der Waals surface area contributed by atoms with Gasteiger partial charge in [0.05, 0.1) is 6.61 Å². The Morgan fingerprint density at radius 3 is 3.24 bits per heavy atom. The maximum atomic E-state index is 5.33. The lowest BCUT2D eigenvalue weighted by atomic mass is 9.82. The molecule has 0 saturated carbocycles. The van der Waals surface area contributed by atoms with Crippen LogP contribution in [0.25, 0.3) is 0 Å². The standard InChI is InChI=1S/C14H22N2O/c1-3-15-13(10-17-2)12-8-4-6-11-7-5-9-16-14(11)12/h5,7,9,12-13,15H,3-4,6,8,10H2,1-2H3. The fourth-order valence-electron chi connectivity index (χ4n) is 2.80. The molecule has 3 heteroatoms. The van der Waals surface area contributed by atoms with Crippen molar-refractivity contribution in [3.8, 4) is 0 Å². The molecule has 1 heterocycles. The summed E-state index contributed by atoms with van der Waals surface area (Å²) in [5.41, 5.74) is 2.70. The van der Waals surface area contributed by atoms with E-state index >= 15 is 0 Å². The number of aromatic nitrogens is 1. The zero-order valence-corrected chi connectivity index (χ0v) is 10.8. The highest BCUT2D eigenvalue weighted by Gasteiger charge is 2.28. The molecule has 0 saturated heterocycles. The first-order valence-corrected chi connectivity index (χ1v) is 6.53. The maximum Gasteiger partial charge on any atom is 0.0622 e. The summed E-state index contributed by atoms with van der Waals surface area (Å²) in [7, 11) is 1.77. The molecule has 2 atom stereocenters. The Kier molecular flexibility index (Phi) is 4.51. The zero-order chi connectivity index (χ0) is 12.1. The third-order valence-corrected chi connectivity index (χ3v) is 3.54. The van der Waals surface area contributed by atoms with Gasteiger partial charge in [0, 0.05) is 31.0 Å². The molecule has 1 aliphatic rings. The summed E-state index contributed by atoms with van der Waals surface area (Å²) < 4.78 is 5.33. The number of fused-ring (bicyclic) bond motifs is 1. The molecule has 2 rings (SSSR count). The van der Waals surface area contributed by atoms with Crippen molar-refractivity contribution in [3.63, 3.8) is 0 Å². The van der Waals surface area contributed by atoms with E-state index in [1.165, 1.54) is 30.5 Å². The number of nitrogens with zero attached hydrogens (tertiary/aromatic N) is 1. The van der Waals surface area contributed by atoms with Crippen molar-refractivity contribution in [1.29, 1.82) is 0 Å². The molecule has 0 fully saturated rings. The SMILES string of the molecule is CCNC(COC)C1CCCc2cccnc21. The molecule has 0 aromatic carbocycles. The second kappa shape index (κ2) is 6.12. The molecule has 0 amide bonds. The van der Waals surface area contributed by atoms with Gasteiger partial charge in [-0.3, -0.25) is 4.98 Å². The van der Waals surface area contributed by atoms with Crippen LogP contribution in [-0.2, 0) is 11.2 Å². The van der Waals surface area contributed by atoms with Crippen molar-refractivity contribution < 1.29 is 4.74 Å². The van der Waals surface area contributed by atoms with Gasteiger partial charge in [-0.15, -0.1) is 0 Å². The summed E-state index contributed by atoms with van der Waals surface area (Å²) in [6.45, 7) is 3.88. The fraction of sp³-hybridized carbons (Fsp3) is 0.643. The highest BCUT2D eigenvalue weighted by molar-refractivity contribution is 5.27. The van der Waals surface area contributed by atoms with Gasteiger partial charge in [0.1, 0.15) is 0 Å². The lowest BCUT2D eigenvalue weighted by Crippen LogP contribution is -2.40. The Morgan fingerprint density at radius 2 is 2.47 bits per heavy atom. The Bertz CT molecular complexity index is 348. The van der Waals surface area contributed by atoms with Gasteiger partial charge in [0.25, 0.3) is 0 Å². The minimum absolute atomic E-state index is 0.388. The quantitative estimate of drug-likeness (QED) is 0.847. The molecule has 0 aliphatic heterocycles. The van der Waals surface area contributed by atoms with Crippen LogP contribution >= 0.6 is 0 Å². The number of methoxy groups -OCH3 is 1. The first-order valence-electron chi connectivity index (χ1n) is 6.53.